The Hall–Kier alpha value is -1.26. The Morgan fingerprint density at radius 3 is 2.31 bits per heavy atom. The molecule has 1 aliphatic rings. The van der Waals surface area contributed by atoms with E-state index in [0.717, 1.165) is 25.9 Å². The highest BCUT2D eigenvalue weighted by molar-refractivity contribution is 5.80. The fourth-order valence-corrected chi connectivity index (χ4v) is 1.53. The van der Waals surface area contributed by atoms with E-state index in [9.17, 15) is 9.59 Å². The van der Waals surface area contributed by atoms with E-state index in [1.165, 1.54) is 0 Å². The number of carbonyl (C=O) groups is 2. The van der Waals surface area contributed by atoms with Crippen LogP contribution in [-0.4, -0.2) is 42.1 Å². The molecule has 2 amide bonds. The number of likely N-dealkylation sites (tertiary alicyclic amines) is 1. The van der Waals surface area contributed by atoms with Crippen LogP contribution in [0.5, 0.6) is 0 Å². The van der Waals surface area contributed by atoms with E-state index in [-0.39, 0.29) is 18.1 Å². The van der Waals surface area contributed by atoms with Crippen molar-refractivity contribution < 1.29 is 14.3 Å². The molecule has 5 nitrogen and oxygen atoms in total. The van der Waals surface area contributed by atoms with Crippen molar-refractivity contribution in [3.8, 4) is 0 Å². The second-order valence-electron chi connectivity index (χ2n) is 5.04. The molecule has 0 bridgehead atoms. The summed E-state index contributed by atoms with van der Waals surface area (Å²) in [6.45, 7) is 6.97. The molecule has 1 N–H and O–H groups in total. The second kappa shape index (κ2) is 5.18. The van der Waals surface area contributed by atoms with E-state index in [4.69, 9.17) is 4.74 Å². The molecule has 0 radical (unpaired) electrons. The van der Waals surface area contributed by atoms with Crippen LogP contribution < -0.4 is 5.32 Å². The number of nitrogens with one attached hydrogen (secondary N) is 1. The zero-order valence-corrected chi connectivity index (χ0v) is 10.2. The van der Waals surface area contributed by atoms with Gasteiger partial charge in [0, 0.05) is 18.6 Å². The molecule has 0 saturated carbocycles. The lowest BCUT2D eigenvalue weighted by atomic mass is 10.1. The lowest BCUT2D eigenvalue weighted by Crippen LogP contribution is -2.42. The van der Waals surface area contributed by atoms with Crippen LogP contribution in [0.2, 0.25) is 0 Å². The molecular weight excluding hydrogens is 208 g/mol. The molecule has 1 aliphatic heterocycles. The minimum absolute atomic E-state index is 0.110. The van der Waals surface area contributed by atoms with Gasteiger partial charge in [0.2, 0.25) is 0 Å². The maximum atomic E-state index is 11.5. The zero-order chi connectivity index (χ0) is 12.2. The van der Waals surface area contributed by atoms with Crippen LogP contribution in [0.15, 0.2) is 0 Å². The van der Waals surface area contributed by atoms with Gasteiger partial charge >= 0.3 is 6.09 Å². The van der Waals surface area contributed by atoms with Crippen molar-refractivity contribution in [3.05, 3.63) is 0 Å². The van der Waals surface area contributed by atoms with Crippen molar-refractivity contribution in [1.82, 2.24) is 10.2 Å². The van der Waals surface area contributed by atoms with Gasteiger partial charge in [0.15, 0.2) is 6.61 Å². The Balaban J connectivity index is 2.23. The van der Waals surface area contributed by atoms with Gasteiger partial charge < -0.3 is 15.0 Å². The minimum atomic E-state index is -0.542. The molecule has 0 aliphatic carbocycles. The molecule has 0 aromatic rings. The number of amides is 2. The van der Waals surface area contributed by atoms with Crippen LogP contribution in [0, 0.1) is 0 Å². The lowest BCUT2D eigenvalue weighted by molar-refractivity contribution is -0.133. The molecule has 0 spiro atoms. The van der Waals surface area contributed by atoms with Crippen LogP contribution in [-0.2, 0) is 9.53 Å². The highest BCUT2D eigenvalue weighted by Gasteiger charge is 2.20. The van der Waals surface area contributed by atoms with Crippen molar-refractivity contribution >= 4 is 12.0 Å². The van der Waals surface area contributed by atoms with Crippen molar-refractivity contribution in [2.45, 2.75) is 39.2 Å². The molecular formula is C11H20N2O3. The monoisotopic (exact) mass is 228 g/mol. The third-order valence-electron chi connectivity index (χ3n) is 2.26. The van der Waals surface area contributed by atoms with Crippen molar-refractivity contribution in [2.24, 2.45) is 0 Å². The zero-order valence-electron chi connectivity index (χ0n) is 10.2. The highest BCUT2D eigenvalue weighted by atomic mass is 16.6. The quantitative estimate of drug-likeness (QED) is 0.771. The number of alkyl carbamates (subject to hydrolysis) is 1. The van der Waals surface area contributed by atoms with E-state index in [1.807, 2.05) is 20.8 Å². The van der Waals surface area contributed by atoms with Crippen LogP contribution >= 0.6 is 0 Å². The Morgan fingerprint density at radius 2 is 1.81 bits per heavy atom. The molecule has 1 fully saturated rings. The van der Waals surface area contributed by atoms with E-state index in [0.29, 0.717) is 0 Å². The number of ether oxygens (including phenoxy) is 1. The van der Waals surface area contributed by atoms with Gasteiger partial charge in [-0.05, 0) is 33.6 Å². The summed E-state index contributed by atoms with van der Waals surface area (Å²) in [5, 5.41) is 2.63. The standard InChI is InChI=1S/C11H20N2O3/c1-11(2,3)12-10(15)16-8-9(14)13-6-4-5-7-13/h4-8H2,1-3H3,(H,12,15). The summed E-state index contributed by atoms with van der Waals surface area (Å²) < 4.78 is 4.85. The molecule has 0 atom stereocenters. The molecule has 0 aromatic carbocycles. The Kier molecular flexibility index (Phi) is 4.15. The molecule has 1 rings (SSSR count). The first-order chi connectivity index (χ1) is 7.38. The van der Waals surface area contributed by atoms with E-state index in [1.54, 1.807) is 4.90 Å². The van der Waals surface area contributed by atoms with Crippen LogP contribution in [0.1, 0.15) is 33.6 Å². The number of nitrogens with zero attached hydrogens (tertiary/aromatic N) is 1. The summed E-state index contributed by atoms with van der Waals surface area (Å²) in [5.41, 5.74) is -0.340. The van der Waals surface area contributed by atoms with Crippen molar-refractivity contribution in [1.29, 1.82) is 0 Å². The Bertz CT molecular complexity index is 265. The first kappa shape index (κ1) is 12.8. The normalized spacial score (nSPS) is 16.1. The van der Waals surface area contributed by atoms with E-state index in [2.05, 4.69) is 5.32 Å². The lowest BCUT2D eigenvalue weighted by Gasteiger charge is -2.20. The topological polar surface area (TPSA) is 58.6 Å². The molecule has 92 valence electrons. The van der Waals surface area contributed by atoms with Crippen LogP contribution in [0.25, 0.3) is 0 Å². The molecule has 1 heterocycles. The van der Waals surface area contributed by atoms with Gasteiger partial charge in [-0.1, -0.05) is 0 Å². The average molecular weight is 228 g/mol. The Morgan fingerprint density at radius 1 is 1.25 bits per heavy atom. The van der Waals surface area contributed by atoms with Crippen LogP contribution in [0.4, 0.5) is 4.79 Å². The van der Waals surface area contributed by atoms with Gasteiger partial charge in [-0.15, -0.1) is 0 Å². The van der Waals surface area contributed by atoms with Gasteiger partial charge in [0.1, 0.15) is 0 Å². The third-order valence-corrected chi connectivity index (χ3v) is 2.26. The number of carbonyl (C=O) groups excluding carboxylic acids is 2. The van der Waals surface area contributed by atoms with E-state index >= 15 is 0 Å². The first-order valence-electron chi connectivity index (χ1n) is 5.61. The molecule has 0 aromatic heterocycles. The van der Waals surface area contributed by atoms with Gasteiger partial charge in [-0.25, -0.2) is 4.79 Å². The SMILES string of the molecule is CC(C)(C)NC(=O)OCC(=O)N1CCCC1. The maximum absolute atomic E-state index is 11.5. The highest BCUT2D eigenvalue weighted by Crippen LogP contribution is 2.07. The second-order valence-corrected chi connectivity index (χ2v) is 5.04. The maximum Gasteiger partial charge on any atom is 0.408 e. The summed E-state index contributed by atoms with van der Waals surface area (Å²) in [4.78, 5) is 24.5. The molecule has 1 saturated heterocycles. The predicted molar refractivity (Wildman–Crippen MR) is 60.1 cm³/mol. The van der Waals surface area contributed by atoms with Gasteiger partial charge in [0.25, 0.3) is 5.91 Å². The fourth-order valence-electron chi connectivity index (χ4n) is 1.53. The average Bonchev–Trinajstić information content (AvgIpc) is 2.64. The van der Waals surface area contributed by atoms with Crippen LogP contribution in [0.3, 0.4) is 0 Å². The summed E-state index contributed by atoms with van der Waals surface area (Å²) in [6.07, 6.45) is 1.54. The van der Waals surface area contributed by atoms with Gasteiger partial charge in [-0.2, -0.15) is 0 Å². The van der Waals surface area contributed by atoms with Gasteiger partial charge in [0.05, 0.1) is 0 Å². The van der Waals surface area contributed by atoms with E-state index < -0.39 is 6.09 Å². The summed E-state index contributed by atoms with van der Waals surface area (Å²) in [7, 11) is 0. The number of hydrogen-bond acceptors (Lipinski definition) is 3. The number of rotatable bonds is 2. The summed E-state index contributed by atoms with van der Waals surface area (Å²) >= 11 is 0. The molecule has 16 heavy (non-hydrogen) atoms. The minimum Gasteiger partial charge on any atom is -0.439 e. The molecule has 5 heteroatoms. The van der Waals surface area contributed by atoms with Crippen molar-refractivity contribution in [2.75, 3.05) is 19.7 Å². The summed E-state index contributed by atoms with van der Waals surface area (Å²) in [6, 6.07) is 0. The third kappa shape index (κ3) is 4.51. The fraction of sp³-hybridized carbons (Fsp3) is 0.818. The molecule has 0 unspecified atom stereocenters. The smallest absolute Gasteiger partial charge is 0.408 e. The number of hydrogen-bond donors (Lipinski definition) is 1. The predicted octanol–water partition coefficient (Wildman–Crippen LogP) is 1.13. The van der Waals surface area contributed by atoms with Gasteiger partial charge in [-0.3, -0.25) is 4.79 Å². The summed E-state index contributed by atoms with van der Waals surface area (Å²) in [5.74, 6) is -0.110. The Labute approximate surface area is 96.1 Å². The van der Waals surface area contributed by atoms with Crippen molar-refractivity contribution in [3.63, 3.8) is 0 Å². The first-order valence-corrected chi connectivity index (χ1v) is 5.61. The largest absolute Gasteiger partial charge is 0.439 e.